The topological polar surface area (TPSA) is 52.6 Å². The van der Waals surface area contributed by atoms with E-state index in [1.807, 2.05) is 0 Å². The zero-order chi connectivity index (χ0) is 21.8. The zero-order valence-electron chi connectivity index (χ0n) is 18.6. The fraction of sp³-hybridized carbons (Fsp3) is 0.913. The molecule has 0 N–H and O–H groups in total. The lowest BCUT2D eigenvalue weighted by atomic mass is 9.77. The minimum atomic E-state index is -1.11. The molecule has 0 saturated heterocycles. The molecule has 0 bridgehead atoms. The van der Waals surface area contributed by atoms with E-state index in [9.17, 15) is 9.59 Å². The van der Waals surface area contributed by atoms with Gasteiger partial charge in [0.05, 0.1) is 13.2 Å². The average molecular weight is 636 g/mol. The Morgan fingerprint density at radius 1 is 0.586 bits per heavy atom. The highest BCUT2D eigenvalue weighted by Crippen LogP contribution is 2.35. The van der Waals surface area contributed by atoms with Crippen molar-refractivity contribution in [3.63, 3.8) is 0 Å². The van der Waals surface area contributed by atoms with Gasteiger partial charge >= 0.3 is 11.9 Å². The molecule has 0 spiro atoms. The first kappa shape index (κ1) is 29.4. The molecule has 0 aliphatic heterocycles. The highest BCUT2D eigenvalue weighted by molar-refractivity contribution is 14.1. The van der Waals surface area contributed by atoms with Crippen LogP contribution in [0.15, 0.2) is 0 Å². The van der Waals surface area contributed by atoms with Crippen LogP contribution in [0.3, 0.4) is 0 Å². The molecule has 4 nitrogen and oxygen atoms in total. The molecule has 0 aliphatic carbocycles. The molecular weight excluding hydrogens is 594 g/mol. The summed E-state index contributed by atoms with van der Waals surface area (Å²) in [5.41, 5.74) is -1.11. The van der Waals surface area contributed by atoms with Gasteiger partial charge in [-0.1, -0.05) is 109 Å². The lowest BCUT2D eigenvalue weighted by molar-refractivity contribution is -0.173. The van der Waals surface area contributed by atoms with Gasteiger partial charge in [-0.05, 0) is 48.4 Å². The fourth-order valence-electron chi connectivity index (χ4n) is 3.61. The van der Waals surface area contributed by atoms with Crippen molar-refractivity contribution in [2.24, 2.45) is 5.41 Å². The van der Waals surface area contributed by atoms with Gasteiger partial charge in [0, 0.05) is 0 Å². The molecular formula is C23H42I2O4. The summed E-state index contributed by atoms with van der Waals surface area (Å²) in [6.07, 6.45) is 14.8. The molecule has 0 atom stereocenters. The highest BCUT2D eigenvalue weighted by Gasteiger charge is 2.47. The third kappa shape index (κ3) is 13.4. The maximum absolute atomic E-state index is 12.9. The Morgan fingerprint density at radius 3 is 1.21 bits per heavy atom. The van der Waals surface area contributed by atoms with Gasteiger partial charge in [0.2, 0.25) is 0 Å². The second-order valence-corrected chi connectivity index (χ2v) is 9.80. The van der Waals surface area contributed by atoms with Crippen molar-refractivity contribution in [3.8, 4) is 0 Å². The van der Waals surface area contributed by atoms with Crippen LogP contribution >= 0.6 is 45.2 Å². The Labute approximate surface area is 206 Å². The van der Waals surface area contributed by atoms with Crippen molar-refractivity contribution >= 4 is 57.1 Å². The van der Waals surface area contributed by atoms with E-state index in [4.69, 9.17) is 9.47 Å². The van der Waals surface area contributed by atoms with Gasteiger partial charge in [-0.15, -0.1) is 0 Å². The molecule has 0 rings (SSSR count). The Balaban J connectivity index is 4.81. The number of carbonyl (C=O) groups is 2. The second kappa shape index (κ2) is 20.3. The molecule has 0 aromatic heterocycles. The summed E-state index contributed by atoms with van der Waals surface area (Å²) in [4.78, 5) is 25.7. The lowest BCUT2D eigenvalue weighted by Gasteiger charge is -2.29. The predicted molar refractivity (Wildman–Crippen MR) is 138 cm³/mol. The molecule has 0 aromatic carbocycles. The van der Waals surface area contributed by atoms with Crippen molar-refractivity contribution in [2.75, 3.05) is 22.1 Å². The van der Waals surface area contributed by atoms with Crippen molar-refractivity contribution in [2.45, 2.75) is 104 Å². The first-order chi connectivity index (χ1) is 14.1. The minimum Gasteiger partial charge on any atom is -0.465 e. The summed E-state index contributed by atoms with van der Waals surface area (Å²) in [7, 11) is 0. The minimum absolute atomic E-state index is 0.298. The van der Waals surface area contributed by atoms with Crippen molar-refractivity contribution in [1.29, 1.82) is 0 Å². The van der Waals surface area contributed by atoms with Crippen LogP contribution in [-0.2, 0) is 19.1 Å². The van der Waals surface area contributed by atoms with Gasteiger partial charge in [0.25, 0.3) is 0 Å². The molecule has 0 saturated carbocycles. The molecule has 0 unspecified atom stereocenters. The van der Waals surface area contributed by atoms with Gasteiger partial charge < -0.3 is 9.47 Å². The molecule has 6 heteroatoms. The van der Waals surface area contributed by atoms with E-state index in [1.165, 1.54) is 47.4 Å². The smallest absolute Gasteiger partial charge is 0.323 e. The van der Waals surface area contributed by atoms with Crippen molar-refractivity contribution in [3.05, 3.63) is 0 Å². The Bertz CT molecular complexity index is 378. The molecule has 0 radical (unpaired) electrons. The van der Waals surface area contributed by atoms with E-state index < -0.39 is 5.41 Å². The molecule has 0 aromatic rings. The van der Waals surface area contributed by atoms with Crippen LogP contribution in [-0.4, -0.2) is 34.0 Å². The maximum Gasteiger partial charge on any atom is 0.323 e. The summed E-state index contributed by atoms with van der Waals surface area (Å²) < 4.78 is 13.1. The van der Waals surface area contributed by atoms with Gasteiger partial charge in [-0.2, -0.15) is 0 Å². The predicted octanol–water partition coefficient (Wildman–Crippen LogP) is 7.43. The van der Waals surface area contributed by atoms with Gasteiger partial charge in [0.15, 0.2) is 5.41 Å². The third-order valence-corrected chi connectivity index (χ3v) is 6.83. The highest BCUT2D eigenvalue weighted by atomic mass is 127. The molecule has 29 heavy (non-hydrogen) atoms. The van der Waals surface area contributed by atoms with Crippen LogP contribution in [0, 0.1) is 5.41 Å². The van der Waals surface area contributed by atoms with E-state index in [2.05, 4.69) is 45.2 Å². The monoisotopic (exact) mass is 636 g/mol. The van der Waals surface area contributed by atoms with Crippen LogP contribution in [0.25, 0.3) is 0 Å². The van der Waals surface area contributed by atoms with Gasteiger partial charge in [0.1, 0.15) is 0 Å². The number of carbonyl (C=O) groups excluding carboxylic acids is 2. The van der Waals surface area contributed by atoms with Gasteiger partial charge in [-0.25, -0.2) is 0 Å². The number of esters is 2. The normalized spacial score (nSPS) is 11.4. The number of alkyl halides is 2. The molecule has 0 amide bonds. The quantitative estimate of drug-likeness (QED) is 0.0459. The van der Waals surface area contributed by atoms with E-state index in [-0.39, 0.29) is 11.9 Å². The number of unbranched alkanes of at least 4 members (excludes halogenated alkanes) is 10. The maximum atomic E-state index is 12.9. The molecule has 172 valence electrons. The Morgan fingerprint density at radius 2 is 0.897 bits per heavy atom. The van der Waals surface area contributed by atoms with Crippen LogP contribution in [0.1, 0.15) is 104 Å². The van der Waals surface area contributed by atoms with Gasteiger partial charge in [-0.3, -0.25) is 9.59 Å². The largest absolute Gasteiger partial charge is 0.465 e. The molecule has 0 aliphatic rings. The standard InChI is InChI=1S/C23H42I2O4/c1-3-28-21(26)23(22(27)29-4-2,17-13-9-5-7-11-15-19-24)18-14-10-6-8-12-16-20-25/h3-20H2,1-2H3. The lowest BCUT2D eigenvalue weighted by Crippen LogP contribution is -2.42. The SMILES string of the molecule is CCOC(=O)C(CCCCCCCCI)(CCCCCCCCI)C(=O)OCC. The Kier molecular flexibility index (Phi) is 20.6. The van der Waals surface area contributed by atoms with E-state index in [0.717, 1.165) is 38.5 Å². The van der Waals surface area contributed by atoms with E-state index >= 15 is 0 Å². The van der Waals surface area contributed by atoms with Crippen molar-refractivity contribution < 1.29 is 19.1 Å². The Hall–Kier alpha value is 0.400. The van der Waals surface area contributed by atoms with E-state index in [1.54, 1.807) is 13.8 Å². The van der Waals surface area contributed by atoms with Crippen LogP contribution < -0.4 is 0 Å². The number of ether oxygens (including phenoxy) is 2. The zero-order valence-corrected chi connectivity index (χ0v) is 22.9. The fourth-order valence-corrected chi connectivity index (χ4v) is 4.69. The van der Waals surface area contributed by atoms with Crippen LogP contribution in [0.5, 0.6) is 0 Å². The summed E-state index contributed by atoms with van der Waals surface area (Å²) in [6, 6.07) is 0. The van der Waals surface area contributed by atoms with Crippen LogP contribution in [0.4, 0.5) is 0 Å². The summed E-state index contributed by atoms with van der Waals surface area (Å²) in [6.45, 7) is 4.20. The third-order valence-electron chi connectivity index (χ3n) is 5.31. The number of hydrogen-bond donors (Lipinski definition) is 0. The summed E-state index contributed by atoms with van der Waals surface area (Å²) >= 11 is 4.84. The summed E-state index contributed by atoms with van der Waals surface area (Å²) in [5.74, 6) is -0.762. The number of hydrogen-bond acceptors (Lipinski definition) is 4. The summed E-state index contributed by atoms with van der Waals surface area (Å²) in [5, 5.41) is 0. The van der Waals surface area contributed by atoms with Crippen LogP contribution in [0.2, 0.25) is 0 Å². The molecule has 0 heterocycles. The van der Waals surface area contributed by atoms with Crippen molar-refractivity contribution in [1.82, 2.24) is 0 Å². The average Bonchev–Trinajstić information content (AvgIpc) is 2.71. The number of halogens is 2. The first-order valence-corrected chi connectivity index (χ1v) is 14.6. The number of rotatable bonds is 20. The first-order valence-electron chi connectivity index (χ1n) is 11.5. The van der Waals surface area contributed by atoms with E-state index in [0.29, 0.717) is 26.1 Å². The second-order valence-electron chi connectivity index (χ2n) is 7.64. The molecule has 0 fully saturated rings.